The van der Waals surface area contributed by atoms with Crippen molar-refractivity contribution in [3.63, 3.8) is 0 Å². The topological polar surface area (TPSA) is 0 Å². The molecule has 0 bridgehead atoms. The normalized spacial score (nSPS) is 11.1. The predicted octanol–water partition coefficient (Wildman–Crippen LogP) is 3.22. The van der Waals surface area contributed by atoms with Gasteiger partial charge < -0.3 is 0 Å². The monoisotopic (exact) mass is 207 g/mol. The van der Waals surface area contributed by atoms with E-state index in [9.17, 15) is 4.39 Å². The van der Waals surface area contributed by atoms with Gasteiger partial charge >= 0.3 is 0 Å². The zero-order valence-corrected chi connectivity index (χ0v) is 9.07. The first kappa shape index (κ1) is 9.53. The molecule has 0 fully saturated rings. The third-order valence-electron chi connectivity index (χ3n) is 2.25. The second-order valence-corrected chi connectivity index (χ2v) is 5.57. The van der Waals surface area contributed by atoms with E-state index in [0.717, 1.165) is 10.8 Å². The van der Waals surface area contributed by atoms with Gasteiger partial charge in [-0.15, -0.1) is 0 Å². The van der Waals surface area contributed by atoms with Gasteiger partial charge in [-0.05, 0) is 35.0 Å². The molecule has 0 aliphatic carbocycles. The Bertz CT molecular complexity index is 463. The Morgan fingerprint density at radius 1 is 0.929 bits per heavy atom. The van der Waals surface area contributed by atoms with Crippen LogP contribution in [0.2, 0.25) is 0 Å². The van der Waals surface area contributed by atoms with Crippen LogP contribution in [0.1, 0.15) is 0 Å². The Balaban J connectivity index is 2.62. The summed E-state index contributed by atoms with van der Waals surface area (Å²) in [5.74, 6) is -0.169. The molecule has 2 aromatic rings. The van der Waals surface area contributed by atoms with Crippen molar-refractivity contribution >= 4 is 21.7 Å². The molecule has 0 aliphatic rings. The minimum Gasteiger partial charge on any atom is -0.207 e. The van der Waals surface area contributed by atoms with Crippen molar-refractivity contribution < 1.29 is 4.39 Å². The predicted molar refractivity (Wildman–Crippen MR) is 61.4 cm³/mol. The first-order chi connectivity index (χ1) is 6.66. The highest BCUT2D eigenvalue weighted by Crippen LogP contribution is 2.20. The van der Waals surface area contributed by atoms with Gasteiger partial charge in [-0.25, -0.2) is 4.39 Å². The van der Waals surface area contributed by atoms with Crippen LogP contribution in [0.3, 0.4) is 0 Å². The molecular formula is C12H12FS+. The summed E-state index contributed by atoms with van der Waals surface area (Å²) in [5.41, 5.74) is 0. The Labute approximate surface area is 86.1 Å². The van der Waals surface area contributed by atoms with E-state index < -0.39 is 0 Å². The smallest absolute Gasteiger partial charge is 0.154 e. The van der Waals surface area contributed by atoms with E-state index in [2.05, 4.69) is 24.6 Å². The van der Waals surface area contributed by atoms with E-state index >= 15 is 0 Å². The average Bonchev–Trinajstić information content (AvgIpc) is 2.16. The van der Waals surface area contributed by atoms with Crippen LogP contribution >= 0.6 is 0 Å². The Morgan fingerprint density at radius 3 is 2.29 bits per heavy atom. The van der Waals surface area contributed by atoms with Gasteiger partial charge in [0.25, 0.3) is 0 Å². The molecule has 0 saturated heterocycles. The molecule has 0 N–H and O–H groups in total. The van der Waals surface area contributed by atoms with Crippen molar-refractivity contribution in [1.29, 1.82) is 0 Å². The summed E-state index contributed by atoms with van der Waals surface area (Å²) in [4.78, 5) is 1.32. The van der Waals surface area contributed by atoms with E-state index in [1.165, 1.54) is 11.0 Å². The maximum Gasteiger partial charge on any atom is 0.154 e. The van der Waals surface area contributed by atoms with Crippen LogP contribution in [-0.2, 0) is 10.9 Å². The third-order valence-corrected chi connectivity index (χ3v) is 3.44. The highest BCUT2D eigenvalue weighted by Gasteiger charge is 2.08. The van der Waals surface area contributed by atoms with Crippen molar-refractivity contribution in [1.82, 2.24) is 0 Å². The largest absolute Gasteiger partial charge is 0.207 e. The molecule has 2 heteroatoms. The highest BCUT2D eigenvalue weighted by atomic mass is 32.2. The molecule has 0 amide bonds. The summed E-state index contributed by atoms with van der Waals surface area (Å²) in [5, 5.41) is 2.09. The van der Waals surface area contributed by atoms with Gasteiger partial charge in [0, 0.05) is 17.0 Å². The lowest BCUT2D eigenvalue weighted by Gasteiger charge is -2.00. The SMILES string of the molecule is C[S+](C)c1ccc2cc(F)ccc2c1. The third kappa shape index (κ3) is 1.75. The lowest BCUT2D eigenvalue weighted by atomic mass is 10.1. The molecule has 0 heterocycles. The van der Waals surface area contributed by atoms with Crippen LogP contribution in [-0.4, -0.2) is 12.5 Å². The Kier molecular flexibility index (Phi) is 2.46. The lowest BCUT2D eigenvalue weighted by Crippen LogP contribution is -1.94. The average molecular weight is 207 g/mol. The van der Waals surface area contributed by atoms with Gasteiger partial charge in [0.05, 0.1) is 0 Å². The minimum atomic E-state index is -0.169. The van der Waals surface area contributed by atoms with Crippen LogP contribution < -0.4 is 0 Å². The molecule has 0 atom stereocenters. The van der Waals surface area contributed by atoms with E-state index in [0.29, 0.717) is 0 Å². The maximum absolute atomic E-state index is 12.9. The van der Waals surface area contributed by atoms with Crippen molar-refractivity contribution in [2.45, 2.75) is 4.90 Å². The summed E-state index contributed by atoms with van der Waals surface area (Å²) in [7, 11) is 0.266. The summed E-state index contributed by atoms with van der Waals surface area (Å²) >= 11 is 0. The molecule has 72 valence electrons. The molecule has 0 aliphatic heterocycles. The maximum atomic E-state index is 12.9. The van der Waals surface area contributed by atoms with Crippen molar-refractivity contribution in [3.05, 3.63) is 42.2 Å². The van der Waals surface area contributed by atoms with Gasteiger partial charge in [0.15, 0.2) is 4.90 Å². The first-order valence-corrected chi connectivity index (χ1v) is 6.48. The molecule has 0 saturated carbocycles. The Hall–Kier alpha value is -1.02. The van der Waals surface area contributed by atoms with Gasteiger partial charge in [-0.2, -0.15) is 0 Å². The molecule has 0 unspecified atom stereocenters. The number of rotatable bonds is 1. The fourth-order valence-electron chi connectivity index (χ4n) is 1.45. The van der Waals surface area contributed by atoms with Crippen LogP contribution in [0.4, 0.5) is 4.39 Å². The minimum absolute atomic E-state index is 0.169. The zero-order valence-electron chi connectivity index (χ0n) is 8.25. The number of hydrogen-bond donors (Lipinski definition) is 0. The van der Waals surface area contributed by atoms with Crippen LogP contribution in [0, 0.1) is 5.82 Å². The molecule has 0 radical (unpaired) electrons. The zero-order chi connectivity index (χ0) is 10.1. The molecule has 14 heavy (non-hydrogen) atoms. The second kappa shape index (κ2) is 3.62. The standard InChI is InChI=1S/C12H12FS/c1-14(2)12-6-4-9-7-11(13)5-3-10(9)8-12/h3-8H,1-2H3/q+1. The van der Waals surface area contributed by atoms with Gasteiger partial charge in [0.2, 0.25) is 0 Å². The molecule has 2 rings (SSSR count). The highest BCUT2D eigenvalue weighted by molar-refractivity contribution is 7.95. The fourth-order valence-corrected chi connectivity index (χ4v) is 2.15. The molecule has 2 aromatic carbocycles. The number of halogens is 1. The van der Waals surface area contributed by atoms with Crippen LogP contribution in [0.5, 0.6) is 0 Å². The summed E-state index contributed by atoms with van der Waals surface area (Å²) in [6, 6.07) is 11.1. The summed E-state index contributed by atoms with van der Waals surface area (Å²) in [6.07, 6.45) is 4.37. The fraction of sp³-hybridized carbons (Fsp3) is 0.167. The van der Waals surface area contributed by atoms with E-state index in [1.807, 2.05) is 12.1 Å². The number of fused-ring (bicyclic) bond motifs is 1. The van der Waals surface area contributed by atoms with Gasteiger partial charge in [0.1, 0.15) is 18.3 Å². The van der Waals surface area contributed by atoms with Crippen LogP contribution in [0.15, 0.2) is 41.3 Å². The molecule has 0 nitrogen and oxygen atoms in total. The van der Waals surface area contributed by atoms with Crippen molar-refractivity contribution in [2.24, 2.45) is 0 Å². The van der Waals surface area contributed by atoms with Gasteiger partial charge in [-0.3, -0.25) is 0 Å². The quantitative estimate of drug-likeness (QED) is 0.630. The second-order valence-electron chi connectivity index (χ2n) is 3.47. The number of hydrogen-bond acceptors (Lipinski definition) is 0. The van der Waals surface area contributed by atoms with E-state index in [4.69, 9.17) is 0 Å². The number of benzene rings is 2. The van der Waals surface area contributed by atoms with Crippen molar-refractivity contribution in [3.8, 4) is 0 Å². The molecule has 0 spiro atoms. The van der Waals surface area contributed by atoms with E-state index in [1.54, 1.807) is 6.07 Å². The lowest BCUT2D eigenvalue weighted by molar-refractivity contribution is 0.630. The van der Waals surface area contributed by atoms with Crippen LogP contribution in [0.25, 0.3) is 10.8 Å². The molecule has 0 aromatic heterocycles. The Morgan fingerprint density at radius 2 is 1.57 bits per heavy atom. The molecular weight excluding hydrogens is 195 g/mol. The first-order valence-electron chi connectivity index (χ1n) is 4.44. The van der Waals surface area contributed by atoms with Crippen molar-refractivity contribution in [2.75, 3.05) is 12.5 Å². The van der Waals surface area contributed by atoms with Gasteiger partial charge in [-0.1, -0.05) is 6.07 Å². The van der Waals surface area contributed by atoms with E-state index in [-0.39, 0.29) is 16.7 Å². The summed E-state index contributed by atoms with van der Waals surface area (Å²) in [6.45, 7) is 0. The summed E-state index contributed by atoms with van der Waals surface area (Å²) < 4.78 is 12.9.